The lowest BCUT2D eigenvalue weighted by Crippen LogP contribution is -2.46. The molecule has 0 N–H and O–H groups in total. The molecule has 3 fully saturated rings. The maximum Gasteiger partial charge on any atom is 0.243 e. The fourth-order valence-electron chi connectivity index (χ4n) is 4.87. The van der Waals surface area contributed by atoms with Gasteiger partial charge in [-0.25, -0.2) is 8.42 Å². The standard InChI is InChI=1S/C24H30N2O3S/c27-30(28,26-15-11-24(12-16-26)10-2-17-29-24)23-5-1-4-22(18-23)21-8-6-20(7-9-21)19-25-13-3-14-25/h1,4-9,18H,2-3,10-17,19H2. The van der Waals surface area contributed by atoms with E-state index in [-0.39, 0.29) is 5.60 Å². The van der Waals surface area contributed by atoms with E-state index in [9.17, 15) is 8.42 Å². The average Bonchev–Trinajstić information content (AvgIpc) is 3.19. The van der Waals surface area contributed by atoms with E-state index in [4.69, 9.17) is 4.74 Å². The van der Waals surface area contributed by atoms with Gasteiger partial charge >= 0.3 is 0 Å². The van der Waals surface area contributed by atoms with Crippen molar-refractivity contribution >= 4 is 10.0 Å². The van der Waals surface area contributed by atoms with E-state index >= 15 is 0 Å². The largest absolute Gasteiger partial charge is 0.375 e. The molecule has 5 nitrogen and oxygen atoms in total. The fraction of sp³-hybridized carbons (Fsp3) is 0.500. The summed E-state index contributed by atoms with van der Waals surface area (Å²) >= 11 is 0. The molecule has 3 aliphatic rings. The first-order valence-corrected chi connectivity index (χ1v) is 12.5. The Morgan fingerprint density at radius 2 is 1.63 bits per heavy atom. The second-order valence-corrected chi connectivity index (χ2v) is 10.8. The predicted molar refractivity (Wildman–Crippen MR) is 118 cm³/mol. The number of hydrogen-bond donors (Lipinski definition) is 0. The number of benzene rings is 2. The van der Waals surface area contributed by atoms with Gasteiger partial charge in [0.1, 0.15) is 0 Å². The van der Waals surface area contributed by atoms with Gasteiger partial charge in [0.2, 0.25) is 10.0 Å². The van der Waals surface area contributed by atoms with Crippen molar-refractivity contribution in [1.29, 1.82) is 0 Å². The van der Waals surface area contributed by atoms with Crippen LogP contribution in [-0.4, -0.2) is 56.0 Å². The van der Waals surface area contributed by atoms with E-state index in [1.807, 2.05) is 18.2 Å². The van der Waals surface area contributed by atoms with Crippen molar-refractivity contribution in [1.82, 2.24) is 9.21 Å². The summed E-state index contributed by atoms with van der Waals surface area (Å²) < 4.78 is 34.1. The molecule has 0 atom stereocenters. The molecular formula is C24H30N2O3S. The van der Waals surface area contributed by atoms with E-state index in [1.165, 1.54) is 25.1 Å². The number of hydrogen-bond acceptors (Lipinski definition) is 4. The first kappa shape index (κ1) is 20.2. The maximum absolute atomic E-state index is 13.3. The zero-order valence-electron chi connectivity index (χ0n) is 17.4. The van der Waals surface area contributed by atoms with Crippen LogP contribution in [0.5, 0.6) is 0 Å². The number of rotatable bonds is 5. The second-order valence-electron chi connectivity index (χ2n) is 8.89. The van der Waals surface area contributed by atoms with Gasteiger partial charge in [0.15, 0.2) is 0 Å². The molecule has 0 amide bonds. The van der Waals surface area contributed by atoms with Crippen LogP contribution in [0.1, 0.15) is 37.7 Å². The molecule has 0 aromatic heterocycles. The third-order valence-corrected chi connectivity index (χ3v) is 8.83. The lowest BCUT2D eigenvalue weighted by atomic mass is 9.90. The zero-order chi connectivity index (χ0) is 20.6. The van der Waals surface area contributed by atoms with Crippen LogP contribution >= 0.6 is 0 Å². The second kappa shape index (κ2) is 8.08. The molecule has 0 unspecified atom stereocenters. The number of sulfonamides is 1. The SMILES string of the molecule is O=S(=O)(c1cccc(-c2ccc(CN3CCC3)cc2)c1)N1CCC2(CCCO2)CC1. The summed E-state index contributed by atoms with van der Waals surface area (Å²) in [5, 5.41) is 0. The molecule has 160 valence electrons. The number of likely N-dealkylation sites (tertiary alicyclic amines) is 1. The monoisotopic (exact) mass is 426 g/mol. The Labute approximate surface area is 179 Å². The first-order chi connectivity index (χ1) is 14.5. The molecule has 6 heteroatoms. The molecule has 1 spiro atoms. The van der Waals surface area contributed by atoms with Gasteiger partial charge in [0.25, 0.3) is 0 Å². The Hall–Kier alpha value is -1.73. The van der Waals surface area contributed by atoms with Crippen LogP contribution < -0.4 is 0 Å². The van der Waals surface area contributed by atoms with Crippen molar-refractivity contribution in [2.45, 2.75) is 49.1 Å². The normalized spacial score (nSPS) is 22.3. The molecule has 0 bridgehead atoms. The fourth-order valence-corrected chi connectivity index (χ4v) is 6.36. The van der Waals surface area contributed by atoms with Gasteiger partial charge in [-0.05, 0) is 74.0 Å². The van der Waals surface area contributed by atoms with E-state index < -0.39 is 10.0 Å². The highest BCUT2D eigenvalue weighted by Crippen LogP contribution is 2.37. The Morgan fingerprint density at radius 1 is 0.867 bits per heavy atom. The van der Waals surface area contributed by atoms with Crippen molar-refractivity contribution < 1.29 is 13.2 Å². The highest BCUT2D eigenvalue weighted by molar-refractivity contribution is 7.89. The highest BCUT2D eigenvalue weighted by atomic mass is 32.2. The molecule has 2 aromatic rings. The van der Waals surface area contributed by atoms with E-state index in [2.05, 4.69) is 29.2 Å². The van der Waals surface area contributed by atoms with E-state index in [0.717, 1.165) is 50.0 Å². The summed E-state index contributed by atoms with van der Waals surface area (Å²) in [5.41, 5.74) is 3.22. The smallest absolute Gasteiger partial charge is 0.243 e. The first-order valence-electron chi connectivity index (χ1n) is 11.1. The van der Waals surface area contributed by atoms with Crippen LogP contribution in [0.2, 0.25) is 0 Å². The van der Waals surface area contributed by atoms with Gasteiger partial charge in [0, 0.05) is 26.2 Å². The Bertz CT molecular complexity index is 983. The zero-order valence-corrected chi connectivity index (χ0v) is 18.2. The molecule has 3 aliphatic heterocycles. The Balaban J connectivity index is 1.31. The molecule has 0 aliphatic carbocycles. The van der Waals surface area contributed by atoms with Crippen LogP contribution in [0.25, 0.3) is 11.1 Å². The Kier molecular flexibility index (Phi) is 5.44. The summed E-state index contributed by atoms with van der Waals surface area (Å²) in [6, 6.07) is 15.9. The van der Waals surface area contributed by atoms with Gasteiger partial charge in [-0.2, -0.15) is 4.31 Å². The predicted octanol–water partition coefficient (Wildman–Crippen LogP) is 3.89. The number of piperidine rings is 1. The molecule has 0 radical (unpaired) electrons. The lowest BCUT2D eigenvalue weighted by molar-refractivity contribution is -0.0309. The van der Waals surface area contributed by atoms with Crippen molar-refractivity contribution in [2.24, 2.45) is 0 Å². The van der Waals surface area contributed by atoms with Crippen LogP contribution in [0.3, 0.4) is 0 Å². The van der Waals surface area contributed by atoms with Crippen LogP contribution in [-0.2, 0) is 21.3 Å². The third kappa shape index (κ3) is 3.94. The molecule has 5 rings (SSSR count). The highest BCUT2D eigenvalue weighted by Gasteiger charge is 2.41. The van der Waals surface area contributed by atoms with Gasteiger partial charge < -0.3 is 4.74 Å². The topological polar surface area (TPSA) is 49.9 Å². The summed E-state index contributed by atoms with van der Waals surface area (Å²) in [6.07, 6.45) is 5.04. The summed E-state index contributed by atoms with van der Waals surface area (Å²) in [6.45, 7) is 5.26. The molecule has 2 aromatic carbocycles. The molecule has 30 heavy (non-hydrogen) atoms. The molecule has 3 saturated heterocycles. The van der Waals surface area contributed by atoms with Crippen LogP contribution in [0.15, 0.2) is 53.4 Å². The number of nitrogens with zero attached hydrogens (tertiary/aromatic N) is 2. The average molecular weight is 427 g/mol. The number of ether oxygens (including phenoxy) is 1. The van der Waals surface area contributed by atoms with Gasteiger partial charge in [-0.1, -0.05) is 36.4 Å². The molecule has 0 saturated carbocycles. The van der Waals surface area contributed by atoms with Crippen molar-refractivity contribution in [3.63, 3.8) is 0 Å². The van der Waals surface area contributed by atoms with Gasteiger partial charge in [-0.3, -0.25) is 4.90 Å². The van der Waals surface area contributed by atoms with Crippen LogP contribution in [0.4, 0.5) is 0 Å². The van der Waals surface area contributed by atoms with Crippen molar-refractivity contribution in [2.75, 3.05) is 32.8 Å². The van der Waals surface area contributed by atoms with Crippen molar-refractivity contribution in [3.05, 3.63) is 54.1 Å². The lowest BCUT2D eigenvalue weighted by Gasteiger charge is -2.37. The minimum absolute atomic E-state index is 0.0777. The van der Waals surface area contributed by atoms with Gasteiger partial charge in [0.05, 0.1) is 10.5 Å². The molecule has 3 heterocycles. The summed E-state index contributed by atoms with van der Waals surface area (Å²) in [4.78, 5) is 2.81. The van der Waals surface area contributed by atoms with Crippen LogP contribution in [0, 0.1) is 0 Å². The van der Waals surface area contributed by atoms with E-state index in [0.29, 0.717) is 18.0 Å². The third-order valence-electron chi connectivity index (χ3n) is 6.93. The summed E-state index contributed by atoms with van der Waals surface area (Å²) in [7, 11) is -3.49. The Morgan fingerprint density at radius 3 is 2.27 bits per heavy atom. The summed E-state index contributed by atoms with van der Waals surface area (Å²) in [5.74, 6) is 0. The maximum atomic E-state index is 13.3. The quantitative estimate of drug-likeness (QED) is 0.728. The van der Waals surface area contributed by atoms with Crippen molar-refractivity contribution in [3.8, 4) is 11.1 Å². The van der Waals surface area contributed by atoms with E-state index in [1.54, 1.807) is 10.4 Å². The molecular weight excluding hydrogens is 396 g/mol. The van der Waals surface area contributed by atoms with Gasteiger partial charge in [-0.15, -0.1) is 0 Å². The minimum atomic E-state index is -3.49. The minimum Gasteiger partial charge on any atom is -0.375 e.